The van der Waals surface area contributed by atoms with Crippen LogP contribution in [-0.2, 0) is 0 Å². The van der Waals surface area contributed by atoms with Gasteiger partial charge in [-0.1, -0.05) is 24.0 Å². The molecule has 0 amide bonds. The largest absolute Gasteiger partial charge is 0.460 e. The van der Waals surface area contributed by atoms with Gasteiger partial charge in [0, 0.05) is 12.8 Å². The normalized spacial score (nSPS) is 9.68. The maximum absolute atomic E-state index is 12.3. The first-order valence-electron chi connectivity index (χ1n) is 6.12. The van der Waals surface area contributed by atoms with E-state index in [9.17, 15) is 4.79 Å². The van der Waals surface area contributed by atoms with Crippen LogP contribution in [-0.4, -0.2) is 0 Å². The molecule has 0 aliphatic rings. The molecule has 0 N–H and O–H groups in total. The zero-order valence-corrected chi connectivity index (χ0v) is 10.7. The Bertz CT molecular complexity index is 754. The fourth-order valence-electron chi connectivity index (χ4n) is 1.81. The molecule has 2 rings (SSSR count). The highest BCUT2D eigenvalue weighted by atomic mass is 16.3. The molecule has 3 nitrogen and oxygen atoms in total. The van der Waals surface area contributed by atoms with Crippen LogP contribution in [0.25, 0.3) is 11.0 Å². The minimum absolute atomic E-state index is 0.0906. The molecule has 3 heteroatoms. The second kappa shape index (κ2) is 5.89. The average Bonchev–Trinajstić information content (AvgIpc) is 2.42. The van der Waals surface area contributed by atoms with E-state index in [1.165, 1.54) is 0 Å². The van der Waals surface area contributed by atoms with Crippen molar-refractivity contribution in [3.8, 4) is 17.9 Å². The van der Waals surface area contributed by atoms with E-state index < -0.39 is 0 Å². The number of rotatable bonds is 2. The molecule has 0 saturated heterocycles. The minimum Gasteiger partial charge on any atom is -0.460 e. The molecule has 0 saturated carbocycles. The number of hydrogen-bond acceptors (Lipinski definition) is 3. The van der Waals surface area contributed by atoms with Gasteiger partial charge in [-0.2, -0.15) is 5.26 Å². The Balaban J connectivity index is 2.39. The smallest absolute Gasteiger partial charge is 0.208 e. The van der Waals surface area contributed by atoms with Gasteiger partial charge in [-0.05, 0) is 25.5 Å². The predicted molar refractivity (Wildman–Crippen MR) is 73.6 cm³/mol. The van der Waals surface area contributed by atoms with E-state index in [4.69, 9.17) is 9.68 Å². The molecule has 1 aromatic heterocycles. The lowest BCUT2D eigenvalue weighted by molar-refractivity contribution is 0.562. The molecule has 1 aromatic carbocycles. The third-order valence-corrected chi connectivity index (χ3v) is 2.78. The van der Waals surface area contributed by atoms with Crippen molar-refractivity contribution in [1.29, 1.82) is 5.26 Å². The van der Waals surface area contributed by atoms with Gasteiger partial charge in [-0.25, -0.2) is 0 Å². The van der Waals surface area contributed by atoms with Gasteiger partial charge in [0.2, 0.25) is 5.43 Å². The summed E-state index contributed by atoms with van der Waals surface area (Å²) in [5.74, 6) is 6.33. The van der Waals surface area contributed by atoms with Crippen LogP contribution in [0.3, 0.4) is 0 Å². The van der Waals surface area contributed by atoms with Gasteiger partial charge >= 0.3 is 0 Å². The SMILES string of the molecule is Cc1oc2ccccc2c(=O)c1C#CCCCC#N. The van der Waals surface area contributed by atoms with Crippen molar-refractivity contribution < 1.29 is 4.42 Å². The highest BCUT2D eigenvalue weighted by molar-refractivity contribution is 5.77. The lowest BCUT2D eigenvalue weighted by Crippen LogP contribution is -2.08. The van der Waals surface area contributed by atoms with Crippen molar-refractivity contribution in [3.63, 3.8) is 0 Å². The van der Waals surface area contributed by atoms with Crippen LogP contribution < -0.4 is 5.43 Å². The summed E-state index contributed by atoms with van der Waals surface area (Å²) in [5, 5.41) is 8.98. The van der Waals surface area contributed by atoms with E-state index in [1.54, 1.807) is 25.1 Å². The molecular weight excluding hydrogens is 238 g/mol. The number of benzene rings is 1. The van der Waals surface area contributed by atoms with Crippen molar-refractivity contribution in [2.75, 3.05) is 0 Å². The first kappa shape index (κ1) is 12.9. The summed E-state index contributed by atoms with van der Waals surface area (Å²) in [5.41, 5.74) is 0.905. The van der Waals surface area contributed by atoms with E-state index in [-0.39, 0.29) is 5.43 Å². The number of aryl methyl sites for hydroxylation is 1. The third-order valence-electron chi connectivity index (χ3n) is 2.78. The number of unbranched alkanes of at least 4 members (excludes halogenated alkanes) is 2. The van der Waals surface area contributed by atoms with E-state index in [0.29, 0.717) is 35.1 Å². The van der Waals surface area contributed by atoms with Crippen LogP contribution in [0, 0.1) is 30.1 Å². The maximum Gasteiger partial charge on any atom is 0.208 e. The summed E-state index contributed by atoms with van der Waals surface area (Å²) in [7, 11) is 0. The zero-order valence-electron chi connectivity index (χ0n) is 10.7. The van der Waals surface area contributed by atoms with Crippen LogP contribution in [0.4, 0.5) is 0 Å². The molecule has 1 heterocycles. The lowest BCUT2D eigenvalue weighted by Gasteiger charge is -2.00. The molecule has 0 atom stereocenters. The molecule has 94 valence electrons. The maximum atomic E-state index is 12.3. The van der Waals surface area contributed by atoms with Crippen molar-refractivity contribution in [1.82, 2.24) is 0 Å². The molecule has 0 radical (unpaired) electrons. The van der Waals surface area contributed by atoms with E-state index >= 15 is 0 Å². The van der Waals surface area contributed by atoms with Crippen molar-refractivity contribution >= 4 is 11.0 Å². The highest BCUT2D eigenvalue weighted by Crippen LogP contribution is 2.14. The fourth-order valence-corrected chi connectivity index (χ4v) is 1.81. The van der Waals surface area contributed by atoms with Gasteiger partial charge < -0.3 is 4.42 Å². The molecule has 0 aliphatic heterocycles. The molecule has 0 aliphatic carbocycles. The summed E-state index contributed by atoms with van der Waals surface area (Å²) in [4.78, 5) is 12.3. The first-order chi connectivity index (χ1) is 9.24. The monoisotopic (exact) mass is 251 g/mol. The Morgan fingerprint density at radius 2 is 2.05 bits per heavy atom. The van der Waals surface area contributed by atoms with Crippen LogP contribution in [0.1, 0.15) is 30.6 Å². The summed E-state index contributed by atoms with van der Waals surface area (Å²) in [6, 6.07) is 9.21. The summed E-state index contributed by atoms with van der Waals surface area (Å²) >= 11 is 0. The predicted octanol–water partition coefficient (Wildman–Crippen LogP) is 3.15. The number of nitriles is 1. The van der Waals surface area contributed by atoms with E-state index in [2.05, 4.69) is 17.9 Å². The van der Waals surface area contributed by atoms with Gasteiger partial charge in [0.1, 0.15) is 16.9 Å². The van der Waals surface area contributed by atoms with Gasteiger partial charge in [0.25, 0.3) is 0 Å². The second-order valence-electron chi connectivity index (χ2n) is 4.17. The molecule has 0 unspecified atom stereocenters. The van der Waals surface area contributed by atoms with Gasteiger partial charge in [0.05, 0.1) is 11.5 Å². The highest BCUT2D eigenvalue weighted by Gasteiger charge is 2.08. The van der Waals surface area contributed by atoms with Crippen molar-refractivity contribution in [3.05, 3.63) is 45.8 Å². The van der Waals surface area contributed by atoms with E-state index in [1.807, 2.05) is 6.07 Å². The molecule has 19 heavy (non-hydrogen) atoms. The number of para-hydroxylation sites is 1. The zero-order chi connectivity index (χ0) is 13.7. The first-order valence-corrected chi connectivity index (χ1v) is 6.12. The van der Waals surface area contributed by atoms with Gasteiger partial charge in [0.15, 0.2) is 0 Å². The molecule has 0 spiro atoms. The fraction of sp³-hybridized carbons (Fsp3) is 0.250. The lowest BCUT2D eigenvalue weighted by atomic mass is 10.1. The minimum atomic E-state index is -0.0906. The van der Waals surface area contributed by atoms with Crippen LogP contribution >= 0.6 is 0 Å². The Labute approximate surface area is 111 Å². The number of fused-ring (bicyclic) bond motifs is 1. The summed E-state index contributed by atoms with van der Waals surface area (Å²) < 4.78 is 5.60. The number of nitrogens with zero attached hydrogens (tertiary/aromatic N) is 1. The van der Waals surface area contributed by atoms with Crippen molar-refractivity contribution in [2.45, 2.75) is 26.2 Å². The Kier molecular flexibility index (Phi) is 4.00. The summed E-state index contributed by atoms with van der Waals surface area (Å²) in [6.45, 7) is 1.74. The molecular formula is C16H13NO2. The molecule has 2 aromatic rings. The second-order valence-corrected chi connectivity index (χ2v) is 4.17. The van der Waals surface area contributed by atoms with Crippen molar-refractivity contribution in [2.24, 2.45) is 0 Å². The van der Waals surface area contributed by atoms with Gasteiger partial charge in [-0.3, -0.25) is 4.79 Å². The Morgan fingerprint density at radius 3 is 2.84 bits per heavy atom. The quantitative estimate of drug-likeness (QED) is 0.608. The van der Waals surface area contributed by atoms with Crippen LogP contribution in [0.15, 0.2) is 33.5 Å². The van der Waals surface area contributed by atoms with E-state index in [0.717, 1.165) is 6.42 Å². The number of hydrogen-bond donors (Lipinski definition) is 0. The van der Waals surface area contributed by atoms with Crippen LogP contribution in [0.2, 0.25) is 0 Å². The van der Waals surface area contributed by atoms with Crippen LogP contribution in [0.5, 0.6) is 0 Å². The van der Waals surface area contributed by atoms with Gasteiger partial charge in [-0.15, -0.1) is 0 Å². The standard InChI is InChI=1S/C16H13NO2/c1-12-13(8-4-2-3-7-11-17)16(18)14-9-5-6-10-15(14)19-12/h5-6,9-10H,2-3,7H2,1H3. The summed E-state index contributed by atoms with van der Waals surface area (Å²) in [6.07, 6.45) is 1.82. The molecule has 0 fully saturated rings. The molecule has 0 bridgehead atoms. The third kappa shape index (κ3) is 2.84. The average molecular weight is 251 g/mol. The Hall–Kier alpha value is -2.52. The topological polar surface area (TPSA) is 54.0 Å². The Morgan fingerprint density at radius 1 is 1.26 bits per heavy atom.